The second-order valence-corrected chi connectivity index (χ2v) is 5.09. The van der Waals surface area contributed by atoms with E-state index < -0.39 is 0 Å². The van der Waals surface area contributed by atoms with Crippen molar-refractivity contribution >= 4 is 11.6 Å². The largest absolute Gasteiger partial charge is 0.383 e. The predicted molar refractivity (Wildman–Crippen MR) is 79.4 cm³/mol. The monoisotopic (exact) mass is 277 g/mol. The molecule has 1 heterocycles. The highest BCUT2D eigenvalue weighted by atomic mass is 16.5. The molecule has 0 fully saturated rings. The molecule has 0 aliphatic carbocycles. The van der Waals surface area contributed by atoms with E-state index in [-0.39, 0.29) is 5.91 Å². The Morgan fingerprint density at radius 3 is 3.05 bits per heavy atom. The van der Waals surface area contributed by atoms with Gasteiger partial charge in [0.25, 0.3) is 0 Å². The lowest BCUT2D eigenvalue weighted by atomic mass is 10.1. The number of carbonyl (C=O) groups is 1. The van der Waals surface area contributed by atoms with E-state index in [0.29, 0.717) is 13.0 Å². The first kappa shape index (κ1) is 15.0. The molecule has 0 radical (unpaired) electrons. The van der Waals surface area contributed by atoms with Crippen LogP contribution in [0.5, 0.6) is 0 Å². The molecule has 5 nitrogen and oxygen atoms in total. The average Bonchev–Trinajstić information content (AvgIpc) is 2.87. The van der Waals surface area contributed by atoms with Gasteiger partial charge in [-0.3, -0.25) is 9.69 Å². The summed E-state index contributed by atoms with van der Waals surface area (Å²) in [4.78, 5) is 14.1. The second-order valence-electron chi connectivity index (χ2n) is 5.09. The van der Waals surface area contributed by atoms with Gasteiger partial charge in [-0.25, -0.2) is 0 Å². The smallest absolute Gasteiger partial charge is 0.224 e. The Morgan fingerprint density at radius 1 is 1.45 bits per heavy atom. The van der Waals surface area contributed by atoms with Crippen molar-refractivity contribution in [3.63, 3.8) is 0 Å². The molecule has 0 bridgehead atoms. The molecule has 1 aliphatic rings. The fraction of sp³-hybridized carbons (Fsp3) is 0.533. The first-order valence-corrected chi connectivity index (χ1v) is 7.06. The molecular weight excluding hydrogens is 254 g/mol. The van der Waals surface area contributed by atoms with E-state index >= 15 is 0 Å². The van der Waals surface area contributed by atoms with Crippen LogP contribution in [0.25, 0.3) is 0 Å². The summed E-state index contributed by atoms with van der Waals surface area (Å²) in [6.07, 6.45) is 1.20. The zero-order chi connectivity index (χ0) is 14.4. The number of rotatable bonds is 7. The summed E-state index contributed by atoms with van der Waals surface area (Å²) in [5.74, 6) is 0.0409. The number of nitrogens with one attached hydrogen (secondary N) is 1. The van der Waals surface area contributed by atoms with E-state index in [9.17, 15) is 4.79 Å². The molecule has 1 aromatic rings. The summed E-state index contributed by atoms with van der Waals surface area (Å²) in [7, 11) is 1.71. The van der Waals surface area contributed by atoms with E-state index in [4.69, 9.17) is 10.5 Å². The van der Waals surface area contributed by atoms with Crippen LogP contribution in [0.2, 0.25) is 0 Å². The van der Waals surface area contributed by atoms with Crippen molar-refractivity contribution in [1.82, 2.24) is 4.90 Å². The minimum Gasteiger partial charge on any atom is -0.383 e. The molecule has 110 valence electrons. The number of ether oxygens (including phenoxy) is 1. The molecule has 3 N–H and O–H groups in total. The third-order valence-electron chi connectivity index (χ3n) is 3.54. The number of methoxy groups -OCH3 is 1. The first-order valence-electron chi connectivity index (χ1n) is 7.06. The number of nitrogens with zero attached hydrogens (tertiary/aromatic N) is 1. The van der Waals surface area contributed by atoms with Gasteiger partial charge in [0.1, 0.15) is 0 Å². The summed E-state index contributed by atoms with van der Waals surface area (Å²) >= 11 is 0. The number of fused-ring (bicyclic) bond motifs is 1. The quantitative estimate of drug-likeness (QED) is 0.789. The Morgan fingerprint density at radius 2 is 2.30 bits per heavy atom. The molecule has 0 unspecified atom stereocenters. The normalized spacial score (nSPS) is 14.3. The van der Waals surface area contributed by atoms with Crippen LogP contribution in [0.15, 0.2) is 18.2 Å². The molecule has 1 aliphatic heterocycles. The van der Waals surface area contributed by atoms with Gasteiger partial charge in [-0.05, 0) is 30.2 Å². The summed E-state index contributed by atoms with van der Waals surface area (Å²) in [6.45, 7) is 3.97. The average molecular weight is 277 g/mol. The number of benzene rings is 1. The van der Waals surface area contributed by atoms with Crippen molar-refractivity contribution in [3.8, 4) is 0 Å². The van der Waals surface area contributed by atoms with Gasteiger partial charge in [-0.2, -0.15) is 0 Å². The van der Waals surface area contributed by atoms with Gasteiger partial charge < -0.3 is 15.8 Å². The van der Waals surface area contributed by atoms with Crippen molar-refractivity contribution in [3.05, 3.63) is 29.3 Å². The standard InChI is InChI=1S/C15H23N3O2/c1-20-9-8-18-10-12-4-2-5-14(13(12)11-18)17-15(19)6-3-7-16/h2,4-5H,3,6-11,16H2,1H3,(H,17,19). The summed E-state index contributed by atoms with van der Waals surface area (Å²) in [5, 5.41) is 3.00. The van der Waals surface area contributed by atoms with Crippen molar-refractivity contribution in [2.75, 3.05) is 32.1 Å². The molecular formula is C15H23N3O2. The molecule has 5 heteroatoms. The molecule has 1 aromatic carbocycles. The highest BCUT2D eigenvalue weighted by Crippen LogP contribution is 2.29. The number of carbonyl (C=O) groups excluding carboxylic acids is 1. The molecule has 0 saturated heterocycles. The lowest BCUT2D eigenvalue weighted by molar-refractivity contribution is -0.116. The van der Waals surface area contributed by atoms with Gasteiger partial charge in [0.05, 0.1) is 6.61 Å². The van der Waals surface area contributed by atoms with E-state index in [1.807, 2.05) is 12.1 Å². The summed E-state index contributed by atoms with van der Waals surface area (Å²) in [6, 6.07) is 6.09. The molecule has 1 amide bonds. The summed E-state index contributed by atoms with van der Waals surface area (Å²) < 4.78 is 5.12. The van der Waals surface area contributed by atoms with E-state index in [1.54, 1.807) is 7.11 Å². The third kappa shape index (κ3) is 3.79. The van der Waals surface area contributed by atoms with Gasteiger partial charge in [-0.15, -0.1) is 0 Å². The number of nitrogens with two attached hydrogens (primary N) is 1. The van der Waals surface area contributed by atoms with Crippen LogP contribution in [0.3, 0.4) is 0 Å². The molecule has 2 rings (SSSR count). The zero-order valence-corrected chi connectivity index (χ0v) is 12.0. The zero-order valence-electron chi connectivity index (χ0n) is 12.0. The lowest BCUT2D eigenvalue weighted by Crippen LogP contribution is -2.21. The minimum absolute atomic E-state index is 0.0409. The van der Waals surface area contributed by atoms with Crippen LogP contribution >= 0.6 is 0 Å². The van der Waals surface area contributed by atoms with Crippen LogP contribution in [-0.4, -0.2) is 37.6 Å². The maximum atomic E-state index is 11.8. The fourth-order valence-electron chi connectivity index (χ4n) is 2.46. The Hall–Kier alpha value is -1.43. The van der Waals surface area contributed by atoms with E-state index in [2.05, 4.69) is 16.3 Å². The van der Waals surface area contributed by atoms with Crippen molar-refractivity contribution in [2.45, 2.75) is 25.9 Å². The fourth-order valence-corrected chi connectivity index (χ4v) is 2.46. The van der Waals surface area contributed by atoms with Crippen LogP contribution < -0.4 is 11.1 Å². The molecule has 0 saturated carbocycles. The van der Waals surface area contributed by atoms with Gasteiger partial charge in [0, 0.05) is 38.9 Å². The second kappa shape index (κ2) is 7.38. The SMILES string of the molecule is COCCN1Cc2cccc(NC(=O)CCCN)c2C1. The van der Waals surface area contributed by atoms with Gasteiger partial charge in [0.15, 0.2) is 0 Å². The van der Waals surface area contributed by atoms with Crippen LogP contribution in [0, 0.1) is 0 Å². The van der Waals surface area contributed by atoms with Gasteiger partial charge in [-0.1, -0.05) is 12.1 Å². The number of hydrogen-bond donors (Lipinski definition) is 2. The Bertz CT molecular complexity index is 462. The topological polar surface area (TPSA) is 67.6 Å². The number of anilines is 1. The highest BCUT2D eigenvalue weighted by molar-refractivity contribution is 5.91. The van der Waals surface area contributed by atoms with Crippen LogP contribution in [-0.2, 0) is 22.6 Å². The minimum atomic E-state index is 0.0409. The maximum absolute atomic E-state index is 11.8. The van der Waals surface area contributed by atoms with Crippen molar-refractivity contribution in [2.24, 2.45) is 5.73 Å². The Labute approximate surface area is 120 Å². The van der Waals surface area contributed by atoms with Gasteiger partial charge in [0.2, 0.25) is 5.91 Å². The molecule has 0 atom stereocenters. The molecule has 0 aromatic heterocycles. The summed E-state index contributed by atoms with van der Waals surface area (Å²) in [5.41, 5.74) is 8.88. The lowest BCUT2D eigenvalue weighted by Gasteiger charge is -2.14. The van der Waals surface area contributed by atoms with Crippen LogP contribution in [0.4, 0.5) is 5.69 Å². The number of amides is 1. The third-order valence-corrected chi connectivity index (χ3v) is 3.54. The van der Waals surface area contributed by atoms with Crippen molar-refractivity contribution < 1.29 is 9.53 Å². The first-order chi connectivity index (χ1) is 9.74. The maximum Gasteiger partial charge on any atom is 0.224 e. The predicted octanol–water partition coefficient (Wildman–Crippen LogP) is 1.33. The van der Waals surface area contributed by atoms with Gasteiger partial charge >= 0.3 is 0 Å². The van der Waals surface area contributed by atoms with Crippen molar-refractivity contribution in [1.29, 1.82) is 0 Å². The van der Waals surface area contributed by atoms with E-state index in [1.165, 1.54) is 11.1 Å². The molecule has 20 heavy (non-hydrogen) atoms. The Balaban J connectivity index is 2.00. The number of hydrogen-bond acceptors (Lipinski definition) is 4. The van der Waals surface area contributed by atoms with Crippen LogP contribution in [0.1, 0.15) is 24.0 Å². The van der Waals surface area contributed by atoms with E-state index in [0.717, 1.165) is 38.3 Å². The highest BCUT2D eigenvalue weighted by Gasteiger charge is 2.21. The molecule has 0 spiro atoms. The Kier molecular flexibility index (Phi) is 5.52.